The fraction of sp³-hybridized carbons (Fsp3) is 0.960. The van der Waals surface area contributed by atoms with Crippen LogP contribution in [0.1, 0.15) is 85.0 Å². The maximum atomic E-state index is 11.6. The third kappa shape index (κ3) is 3.46. The van der Waals surface area contributed by atoms with Crippen molar-refractivity contribution in [1.29, 1.82) is 0 Å². The average Bonchev–Trinajstić information content (AvgIpc) is 3.05. The fourth-order valence-corrected chi connectivity index (χ4v) is 8.90. The molecule has 0 amide bonds. The molecule has 4 rings (SSSR count). The zero-order valence-electron chi connectivity index (χ0n) is 18.9. The zero-order valence-corrected chi connectivity index (χ0v) is 18.9. The molecule has 2 N–H and O–H groups in total. The van der Waals surface area contributed by atoms with Crippen molar-refractivity contribution in [3.63, 3.8) is 0 Å². The quantitative estimate of drug-likeness (QED) is 0.671. The summed E-state index contributed by atoms with van der Waals surface area (Å²) in [5, 5.41) is 21.3. The molecule has 0 aromatic carbocycles. The van der Waals surface area contributed by atoms with Crippen LogP contribution in [0, 0.1) is 46.3 Å². The second kappa shape index (κ2) is 7.82. The van der Waals surface area contributed by atoms with E-state index in [0.717, 1.165) is 32.1 Å². The zero-order chi connectivity index (χ0) is 21.0. The van der Waals surface area contributed by atoms with Crippen molar-refractivity contribution in [3.8, 4) is 0 Å². The molecule has 0 radical (unpaired) electrons. The number of aliphatic hydroxyl groups is 2. The summed E-state index contributed by atoms with van der Waals surface area (Å²) in [7, 11) is 1.48. The lowest BCUT2D eigenvalue weighted by Crippen LogP contribution is -2.58. The highest BCUT2D eigenvalue weighted by Crippen LogP contribution is 2.68. The first kappa shape index (κ1) is 21.6. The first-order chi connectivity index (χ1) is 13.7. The predicted molar refractivity (Wildman–Crippen MR) is 113 cm³/mol. The van der Waals surface area contributed by atoms with Gasteiger partial charge in [-0.15, -0.1) is 0 Å². The Balaban J connectivity index is 1.52. The van der Waals surface area contributed by atoms with Crippen molar-refractivity contribution < 1.29 is 19.7 Å². The number of carbonyl (C=O) groups is 1. The molecule has 0 spiro atoms. The lowest BCUT2D eigenvalue weighted by Gasteiger charge is -2.62. The van der Waals surface area contributed by atoms with Gasteiger partial charge in [0, 0.05) is 6.42 Å². The number of aliphatic hydroxyl groups excluding tert-OH is 2. The van der Waals surface area contributed by atoms with Gasteiger partial charge in [0.15, 0.2) is 0 Å². The number of methoxy groups -OCH3 is 1. The van der Waals surface area contributed by atoms with Gasteiger partial charge in [-0.2, -0.15) is 0 Å². The van der Waals surface area contributed by atoms with Gasteiger partial charge in [-0.3, -0.25) is 4.79 Å². The van der Waals surface area contributed by atoms with Gasteiger partial charge in [-0.25, -0.2) is 0 Å². The summed E-state index contributed by atoms with van der Waals surface area (Å²) in [5.41, 5.74) is 0.533. The van der Waals surface area contributed by atoms with Crippen molar-refractivity contribution >= 4 is 5.97 Å². The Morgan fingerprint density at radius 1 is 1.00 bits per heavy atom. The molecule has 4 aliphatic carbocycles. The van der Waals surface area contributed by atoms with Gasteiger partial charge in [0.2, 0.25) is 0 Å². The Morgan fingerprint density at radius 3 is 2.41 bits per heavy atom. The van der Waals surface area contributed by atoms with E-state index in [2.05, 4.69) is 20.8 Å². The maximum absolute atomic E-state index is 11.6. The van der Waals surface area contributed by atoms with Gasteiger partial charge in [0.1, 0.15) is 0 Å². The molecule has 10 atom stereocenters. The number of hydrogen-bond acceptors (Lipinski definition) is 4. The largest absolute Gasteiger partial charge is 0.469 e. The van der Waals surface area contributed by atoms with Crippen LogP contribution < -0.4 is 0 Å². The highest BCUT2D eigenvalue weighted by Gasteiger charge is 2.62. The van der Waals surface area contributed by atoms with E-state index in [1.54, 1.807) is 0 Å². The van der Waals surface area contributed by atoms with E-state index in [1.165, 1.54) is 32.8 Å². The van der Waals surface area contributed by atoms with Crippen LogP contribution >= 0.6 is 0 Å². The van der Waals surface area contributed by atoms with Gasteiger partial charge in [0.25, 0.3) is 0 Å². The van der Waals surface area contributed by atoms with Gasteiger partial charge in [-0.1, -0.05) is 20.8 Å². The number of fused-ring (bicyclic) bond motifs is 5. The molecule has 0 aromatic heterocycles. The number of ether oxygens (including phenoxy) is 1. The lowest BCUT2D eigenvalue weighted by atomic mass is 9.44. The molecule has 4 aliphatic rings. The summed E-state index contributed by atoms with van der Waals surface area (Å²) in [4.78, 5) is 11.6. The third-order valence-corrected chi connectivity index (χ3v) is 10.4. The molecule has 0 saturated heterocycles. The second-order valence-corrected chi connectivity index (χ2v) is 11.5. The summed E-state index contributed by atoms with van der Waals surface area (Å²) < 4.78 is 4.86. The number of esters is 1. The minimum atomic E-state index is -0.255. The molecule has 4 saturated carbocycles. The van der Waals surface area contributed by atoms with Crippen molar-refractivity contribution in [1.82, 2.24) is 0 Å². The summed E-state index contributed by atoms with van der Waals surface area (Å²) in [6.07, 6.45) is 9.77. The molecular weight excluding hydrogens is 364 g/mol. The maximum Gasteiger partial charge on any atom is 0.305 e. The molecule has 2 unspecified atom stereocenters. The molecular formula is C25H42O4. The molecule has 0 heterocycles. The third-order valence-electron chi connectivity index (χ3n) is 10.4. The molecule has 0 aromatic rings. The van der Waals surface area contributed by atoms with Gasteiger partial charge >= 0.3 is 5.97 Å². The smallest absolute Gasteiger partial charge is 0.305 e. The van der Waals surface area contributed by atoms with E-state index in [4.69, 9.17) is 4.74 Å². The minimum Gasteiger partial charge on any atom is -0.469 e. The van der Waals surface area contributed by atoms with E-state index < -0.39 is 0 Å². The number of hydrogen-bond donors (Lipinski definition) is 2. The van der Waals surface area contributed by atoms with E-state index in [0.29, 0.717) is 41.4 Å². The van der Waals surface area contributed by atoms with Crippen LogP contribution in [-0.2, 0) is 9.53 Å². The molecule has 4 heteroatoms. The Labute approximate surface area is 176 Å². The molecule has 166 valence electrons. The van der Waals surface area contributed by atoms with Crippen LogP contribution in [0.5, 0.6) is 0 Å². The SMILES string of the molecule is COC(=O)CC[C@@H](C)C1CC[C@H]2[C@@H]3C[C@H](O)[C@@H]4CC(O)CC[C@]4(C)[C@H]3CC[C@]12C. The summed E-state index contributed by atoms with van der Waals surface area (Å²) in [6, 6.07) is 0. The minimum absolute atomic E-state index is 0.0888. The van der Waals surface area contributed by atoms with Crippen molar-refractivity contribution in [2.24, 2.45) is 46.3 Å². The second-order valence-electron chi connectivity index (χ2n) is 11.5. The Morgan fingerprint density at radius 2 is 1.69 bits per heavy atom. The topological polar surface area (TPSA) is 66.8 Å². The lowest BCUT2D eigenvalue weighted by molar-refractivity contribution is -0.172. The van der Waals surface area contributed by atoms with Gasteiger partial charge < -0.3 is 14.9 Å². The van der Waals surface area contributed by atoms with Crippen molar-refractivity contribution in [2.45, 2.75) is 97.2 Å². The van der Waals surface area contributed by atoms with Crippen LogP contribution in [0.15, 0.2) is 0 Å². The van der Waals surface area contributed by atoms with Crippen LogP contribution in [0.3, 0.4) is 0 Å². The molecule has 29 heavy (non-hydrogen) atoms. The number of rotatable bonds is 4. The van der Waals surface area contributed by atoms with E-state index >= 15 is 0 Å². The highest BCUT2D eigenvalue weighted by atomic mass is 16.5. The van der Waals surface area contributed by atoms with Crippen LogP contribution in [0.2, 0.25) is 0 Å². The summed E-state index contributed by atoms with van der Waals surface area (Å²) >= 11 is 0. The summed E-state index contributed by atoms with van der Waals surface area (Å²) in [5.74, 6) is 3.42. The average molecular weight is 407 g/mol. The van der Waals surface area contributed by atoms with Crippen LogP contribution in [0.25, 0.3) is 0 Å². The molecule has 0 aliphatic heterocycles. The van der Waals surface area contributed by atoms with Gasteiger partial charge in [0.05, 0.1) is 19.3 Å². The monoisotopic (exact) mass is 406 g/mol. The van der Waals surface area contributed by atoms with E-state index in [-0.39, 0.29) is 29.5 Å². The standard InChI is InChI=1S/C25H42O4/c1-15(5-8-23(28)29-4)18-6-7-19-17-14-22(27)21-13-16(26)9-11-25(21,3)20(17)10-12-24(18,19)2/h15-22,26-27H,5-14H2,1-4H3/t15-,16?,17+,18?,19+,20+,21+,22+,24-,25-/m1/s1. The first-order valence-corrected chi connectivity index (χ1v) is 12.1. The fourth-order valence-electron chi connectivity index (χ4n) is 8.90. The van der Waals surface area contributed by atoms with Crippen molar-refractivity contribution in [3.05, 3.63) is 0 Å². The Kier molecular flexibility index (Phi) is 5.83. The van der Waals surface area contributed by atoms with Crippen molar-refractivity contribution in [2.75, 3.05) is 7.11 Å². The predicted octanol–water partition coefficient (Wildman–Crippen LogP) is 4.57. The Hall–Kier alpha value is -0.610. The Bertz CT molecular complexity index is 620. The van der Waals surface area contributed by atoms with Crippen LogP contribution in [0.4, 0.5) is 0 Å². The van der Waals surface area contributed by atoms with E-state index in [1.807, 2.05) is 0 Å². The van der Waals surface area contributed by atoms with Crippen LogP contribution in [-0.4, -0.2) is 35.5 Å². The molecule has 0 bridgehead atoms. The van der Waals surface area contributed by atoms with Gasteiger partial charge in [-0.05, 0) is 104 Å². The summed E-state index contributed by atoms with van der Waals surface area (Å²) in [6.45, 7) is 7.28. The first-order valence-electron chi connectivity index (χ1n) is 12.1. The highest BCUT2D eigenvalue weighted by molar-refractivity contribution is 5.69. The normalized spacial score (nSPS) is 50.2. The molecule has 4 fully saturated rings. The molecule has 4 nitrogen and oxygen atoms in total. The number of carbonyl (C=O) groups excluding carboxylic acids is 1. The van der Waals surface area contributed by atoms with E-state index in [9.17, 15) is 15.0 Å².